The van der Waals surface area contributed by atoms with E-state index in [1.807, 2.05) is 0 Å². The fraction of sp³-hybridized carbons (Fsp3) is 0.300. The number of aliphatic hydroxyl groups is 1. The van der Waals surface area contributed by atoms with Gasteiger partial charge in [0.15, 0.2) is 5.13 Å². The first-order valence-electron chi connectivity index (χ1n) is 4.99. The molecular weight excluding hydrogens is 240 g/mol. The van der Waals surface area contributed by atoms with E-state index in [-0.39, 0.29) is 5.91 Å². The monoisotopic (exact) mass is 252 g/mol. The van der Waals surface area contributed by atoms with Gasteiger partial charge in [-0.15, -0.1) is 11.3 Å². The van der Waals surface area contributed by atoms with Crippen molar-refractivity contribution < 1.29 is 9.90 Å². The minimum Gasteiger partial charge on any atom is -0.387 e. The van der Waals surface area contributed by atoms with Gasteiger partial charge in [0.05, 0.1) is 24.3 Å². The first-order chi connectivity index (χ1) is 8.08. The molecule has 2 aromatic heterocycles. The summed E-state index contributed by atoms with van der Waals surface area (Å²) >= 11 is 1.28. The van der Waals surface area contributed by atoms with E-state index >= 15 is 0 Å². The molecule has 0 saturated carbocycles. The van der Waals surface area contributed by atoms with Crippen molar-refractivity contribution in [2.75, 3.05) is 5.32 Å². The summed E-state index contributed by atoms with van der Waals surface area (Å²) in [5.74, 6) is -0.267. The average Bonchev–Trinajstić information content (AvgIpc) is 2.86. The Morgan fingerprint density at radius 1 is 1.65 bits per heavy atom. The molecule has 2 heterocycles. The molecule has 0 spiro atoms. The van der Waals surface area contributed by atoms with Crippen LogP contribution in [0.5, 0.6) is 0 Å². The average molecular weight is 252 g/mol. The zero-order chi connectivity index (χ0) is 12.4. The molecule has 90 valence electrons. The van der Waals surface area contributed by atoms with Crippen LogP contribution in [-0.4, -0.2) is 25.5 Å². The fourth-order valence-electron chi connectivity index (χ4n) is 1.27. The second kappa shape index (κ2) is 4.64. The van der Waals surface area contributed by atoms with Gasteiger partial charge >= 0.3 is 0 Å². The standard InChI is InChI=1S/C10H12N4O2S/c1-6(15)7-4-17-10(12-7)13-9(16)8-3-11-5-14(8)2/h3-6,15H,1-2H3,(H,12,13,16). The highest BCUT2D eigenvalue weighted by atomic mass is 32.1. The van der Waals surface area contributed by atoms with Crippen LogP contribution < -0.4 is 5.32 Å². The van der Waals surface area contributed by atoms with Crippen molar-refractivity contribution >= 4 is 22.4 Å². The third kappa shape index (κ3) is 2.51. The van der Waals surface area contributed by atoms with Crippen LogP contribution in [0.25, 0.3) is 0 Å². The van der Waals surface area contributed by atoms with Crippen LogP contribution in [0.15, 0.2) is 17.9 Å². The molecule has 1 atom stereocenters. The first-order valence-corrected chi connectivity index (χ1v) is 5.87. The van der Waals surface area contributed by atoms with Gasteiger partial charge in [-0.1, -0.05) is 0 Å². The van der Waals surface area contributed by atoms with Crippen LogP contribution in [-0.2, 0) is 7.05 Å². The number of carbonyl (C=O) groups excluding carboxylic acids is 1. The predicted octanol–water partition coefficient (Wildman–Crippen LogP) is 1.18. The van der Waals surface area contributed by atoms with E-state index in [9.17, 15) is 9.90 Å². The van der Waals surface area contributed by atoms with E-state index in [1.165, 1.54) is 17.5 Å². The third-order valence-corrected chi connectivity index (χ3v) is 3.00. The molecule has 2 N–H and O–H groups in total. The lowest BCUT2D eigenvalue weighted by Gasteiger charge is -2.01. The minimum absolute atomic E-state index is 0.267. The number of aromatic nitrogens is 3. The molecule has 0 aromatic carbocycles. The highest BCUT2D eigenvalue weighted by Gasteiger charge is 2.13. The van der Waals surface area contributed by atoms with E-state index in [0.717, 1.165) is 0 Å². The molecule has 0 aliphatic carbocycles. The van der Waals surface area contributed by atoms with E-state index in [0.29, 0.717) is 16.5 Å². The van der Waals surface area contributed by atoms with Gasteiger partial charge in [-0.2, -0.15) is 0 Å². The van der Waals surface area contributed by atoms with Crippen LogP contribution in [0.2, 0.25) is 0 Å². The van der Waals surface area contributed by atoms with Crippen LogP contribution in [0, 0.1) is 0 Å². The number of aryl methyl sites for hydroxylation is 1. The van der Waals surface area contributed by atoms with Gasteiger partial charge in [0, 0.05) is 12.4 Å². The van der Waals surface area contributed by atoms with Gasteiger partial charge in [-0.3, -0.25) is 10.1 Å². The maximum absolute atomic E-state index is 11.8. The number of rotatable bonds is 3. The van der Waals surface area contributed by atoms with E-state index in [4.69, 9.17) is 0 Å². The van der Waals surface area contributed by atoms with Gasteiger partial charge in [0.2, 0.25) is 0 Å². The smallest absolute Gasteiger partial charge is 0.275 e. The maximum Gasteiger partial charge on any atom is 0.275 e. The van der Waals surface area contributed by atoms with Crippen molar-refractivity contribution in [1.82, 2.24) is 14.5 Å². The summed E-state index contributed by atoms with van der Waals surface area (Å²) in [5.41, 5.74) is 1.01. The normalized spacial score (nSPS) is 12.4. The Labute approximate surface area is 102 Å². The summed E-state index contributed by atoms with van der Waals surface area (Å²) in [5, 5.41) is 14.2. The SMILES string of the molecule is CC(O)c1csc(NC(=O)c2cncn2C)n1. The largest absolute Gasteiger partial charge is 0.387 e. The molecule has 0 bridgehead atoms. The van der Waals surface area contributed by atoms with E-state index in [2.05, 4.69) is 15.3 Å². The Hall–Kier alpha value is -1.73. The molecule has 0 aliphatic heterocycles. The summed E-state index contributed by atoms with van der Waals surface area (Å²) in [6, 6.07) is 0. The molecule has 7 heteroatoms. The third-order valence-electron chi connectivity index (χ3n) is 2.22. The molecule has 2 rings (SSSR count). The van der Waals surface area contributed by atoms with Crippen molar-refractivity contribution in [3.8, 4) is 0 Å². The van der Waals surface area contributed by atoms with Gasteiger partial charge in [0.25, 0.3) is 5.91 Å². The summed E-state index contributed by atoms with van der Waals surface area (Å²) in [6.07, 6.45) is 2.41. The van der Waals surface area contributed by atoms with Gasteiger partial charge in [-0.05, 0) is 6.92 Å². The molecular formula is C10H12N4O2S. The molecule has 0 aliphatic rings. The number of thiazole rings is 1. The number of hydrogen-bond acceptors (Lipinski definition) is 5. The summed E-state index contributed by atoms with van der Waals surface area (Å²) in [6.45, 7) is 1.63. The molecule has 1 amide bonds. The number of nitrogens with one attached hydrogen (secondary N) is 1. The molecule has 0 saturated heterocycles. The Kier molecular flexibility index (Phi) is 3.21. The van der Waals surface area contributed by atoms with Gasteiger partial charge in [0.1, 0.15) is 5.69 Å². The topological polar surface area (TPSA) is 80.0 Å². The number of carbonyl (C=O) groups is 1. The number of hydrogen-bond donors (Lipinski definition) is 2. The summed E-state index contributed by atoms with van der Waals surface area (Å²) in [4.78, 5) is 19.8. The highest BCUT2D eigenvalue weighted by Crippen LogP contribution is 2.20. The lowest BCUT2D eigenvalue weighted by Crippen LogP contribution is -2.15. The number of amides is 1. The molecule has 17 heavy (non-hydrogen) atoms. The van der Waals surface area contributed by atoms with Crippen LogP contribution >= 0.6 is 11.3 Å². The lowest BCUT2D eigenvalue weighted by atomic mass is 10.3. The van der Waals surface area contributed by atoms with Crippen LogP contribution in [0.4, 0.5) is 5.13 Å². The Balaban J connectivity index is 2.11. The zero-order valence-corrected chi connectivity index (χ0v) is 10.2. The van der Waals surface area contributed by atoms with Crippen molar-refractivity contribution in [1.29, 1.82) is 0 Å². The van der Waals surface area contributed by atoms with Crippen molar-refractivity contribution in [2.45, 2.75) is 13.0 Å². The molecule has 1 unspecified atom stereocenters. The van der Waals surface area contributed by atoms with Crippen molar-refractivity contribution in [3.63, 3.8) is 0 Å². The number of imidazole rings is 1. The van der Waals surface area contributed by atoms with E-state index < -0.39 is 6.10 Å². The maximum atomic E-state index is 11.8. The zero-order valence-electron chi connectivity index (χ0n) is 9.41. The summed E-state index contributed by atoms with van der Waals surface area (Å²) in [7, 11) is 1.74. The number of aliphatic hydroxyl groups excluding tert-OH is 1. The van der Waals surface area contributed by atoms with E-state index in [1.54, 1.807) is 30.2 Å². The second-order valence-corrected chi connectivity index (χ2v) is 4.46. The Morgan fingerprint density at radius 2 is 2.41 bits per heavy atom. The van der Waals surface area contributed by atoms with Crippen molar-refractivity contribution in [2.24, 2.45) is 7.05 Å². The van der Waals surface area contributed by atoms with Gasteiger partial charge < -0.3 is 9.67 Å². The van der Waals surface area contributed by atoms with Crippen LogP contribution in [0.3, 0.4) is 0 Å². The Bertz CT molecular complexity index is 532. The molecule has 0 radical (unpaired) electrons. The molecule has 6 nitrogen and oxygen atoms in total. The number of anilines is 1. The molecule has 2 aromatic rings. The number of nitrogens with zero attached hydrogens (tertiary/aromatic N) is 3. The second-order valence-electron chi connectivity index (χ2n) is 3.60. The van der Waals surface area contributed by atoms with Crippen molar-refractivity contribution in [3.05, 3.63) is 29.3 Å². The fourth-order valence-corrected chi connectivity index (χ4v) is 2.06. The minimum atomic E-state index is -0.631. The van der Waals surface area contributed by atoms with Gasteiger partial charge in [-0.25, -0.2) is 9.97 Å². The predicted molar refractivity (Wildman–Crippen MR) is 63.9 cm³/mol. The first kappa shape index (κ1) is 11.7. The Morgan fingerprint density at radius 3 is 2.94 bits per heavy atom. The quantitative estimate of drug-likeness (QED) is 0.859. The summed E-state index contributed by atoms with van der Waals surface area (Å²) < 4.78 is 1.62. The highest BCUT2D eigenvalue weighted by molar-refractivity contribution is 7.14. The van der Waals surface area contributed by atoms with Crippen LogP contribution in [0.1, 0.15) is 29.2 Å². The lowest BCUT2D eigenvalue weighted by molar-refractivity contribution is 0.101. The molecule has 0 fully saturated rings.